The number of furan rings is 1. The highest BCUT2D eigenvalue weighted by atomic mass is 16.5. The smallest absolute Gasteiger partial charge is 0.267 e. The molecule has 2 aliphatic rings. The van der Waals surface area contributed by atoms with E-state index in [2.05, 4.69) is 0 Å². The molecule has 1 aromatic heterocycles. The quantitative estimate of drug-likeness (QED) is 0.507. The second kappa shape index (κ2) is 8.65. The molecule has 7 heteroatoms. The van der Waals surface area contributed by atoms with Crippen LogP contribution in [0.5, 0.6) is 11.5 Å². The van der Waals surface area contributed by atoms with Gasteiger partial charge in [0.2, 0.25) is 12.0 Å². The van der Waals surface area contributed by atoms with Gasteiger partial charge < -0.3 is 23.7 Å². The Balaban J connectivity index is 1.37. The van der Waals surface area contributed by atoms with E-state index >= 15 is 0 Å². The zero-order chi connectivity index (χ0) is 22.9. The monoisotopic (exact) mass is 446 g/mol. The maximum atomic E-state index is 13.1. The molecule has 2 fully saturated rings. The molecule has 3 heterocycles. The topological polar surface area (TPSA) is 72.2 Å². The summed E-state index contributed by atoms with van der Waals surface area (Å²) in [6.07, 6.45) is 0.782. The number of aryl methyl sites for hydroxylation is 1. The molecule has 0 bridgehead atoms. The highest BCUT2D eigenvalue weighted by Crippen LogP contribution is 2.40. The molecular weight excluding hydrogens is 420 g/mol. The van der Waals surface area contributed by atoms with Crippen molar-refractivity contribution in [3.63, 3.8) is 0 Å². The summed E-state index contributed by atoms with van der Waals surface area (Å²) >= 11 is 0. The van der Waals surface area contributed by atoms with Crippen molar-refractivity contribution in [2.45, 2.75) is 38.5 Å². The molecule has 0 N–H and O–H groups in total. The molecule has 3 aromatic rings. The molecular formula is C26H26N2O5. The van der Waals surface area contributed by atoms with E-state index in [0.29, 0.717) is 24.5 Å². The van der Waals surface area contributed by atoms with Crippen molar-refractivity contribution >= 4 is 17.5 Å². The number of likely N-dealkylation sites (tertiary alicyclic amines) is 1. The first kappa shape index (κ1) is 21.1. The molecule has 33 heavy (non-hydrogen) atoms. The Morgan fingerprint density at radius 1 is 1.03 bits per heavy atom. The molecule has 0 saturated carbocycles. The number of rotatable bonds is 7. The van der Waals surface area contributed by atoms with E-state index in [1.807, 2.05) is 48.2 Å². The van der Waals surface area contributed by atoms with E-state index in [9.17, 15) is 9.59 Å². The Bertz CT molecular complexity index is 1170. The molecule has 2 aliphatic heterocycles. The van der Waals surface area contributed by atoms with Crippen LogP contribution in [0.4, 0.5) is 5.69 Å². The van der Waals surface area contributed by atoms with Crippen molar-refractivity contribution < 1.29 is 23.5 Å². The van der Waals surface area contributed by atoms with Gasteiger partial charge >= 0.3 is 0 Å². The Labute approximate surface area is 192 Å². The number of hydrogen-bond acceptors (Lipinski definition) is 5. The van der Waals surface area contributed by atoms with E-state index in [4.69, 9.17) is 13.9 Å². The SMILES string of the molecule is COc1ccc(O[C@@H]2C(=O)N(Cc3cccc(N4CCCC4=O)c3)[C@@H]2c2ccc(C)o2)cc1. The average molecular weight is 447 g/mol. The van der Waals surface area contributed by atoms with Gasteiger partial charge in [-0.05, 0) is 67.4 Å². The van der Waals surface area contributed by atoms with Gasteiger partial charge in [0, 0.05) is 25.2 Å². The molecule has 2 atom stereocenters. The van der Waals surface area contributed by atoms with E-state index in [1.165, 1.54) is 0 Å². The lowest BCUT2D eigenvalue weighted by Crippen LogP contribution is -2.60. The maximum absolute atomic E-state index is 13.1. The third kappa shape index (κ3) is 4.06. The van der Waals surface area contributed by atoms with Crippen LogP contribution in [0.25, 0.3) is 0 Å². The van der Waals surface area contributed by atoms with Crippen molar-refractivity contribution in [3.8, 4) is 11.5 Å². The van der Waals surface area contributed by atoms with Gasteiger partial charge in [0.25, 0.3) is 5.91 Å². The van der Waals surface area contributed by atoms with E-state index in [-0.39, 0.29) is 17.9 Å². The summed E-state index contributed by atoms with van der Waals surface area (Å²) in [7, 11) is 1.60. The predicted octanol–water partition coefficient (Wildman–Crippen LogP) is 4.25. The van der Waals surface area contributed by atoms with Crippen LogP contribution in [0.3, 0.4) is 0 Å². The fraction of sp³-hybridized carbons (Fsp3) is 0.308. The first-order chi connectivity index (χ1) is 16.0. The molecule has 0 radical (unpaired) electrons. The number of anilines is 1. The van der Waals surface area contributed by atoms with E-state index < -0.39 is 6.10 Å². The van der Waals surface area contributed by atoms with Crippen LogP contribution in [0.1, 0.15) is 36.0 Å². The fourth-order valence-electron chi connectivity index (χ4n) is 4.46. The Kier molecular flexibility index (Phi) is 5.54. The Morgan fingerprint density at radius 3 is 2.48 bits per heavy atom. The lowest BCUT2D eigenvalue weighted by molar-refractivity contribution is -0.167. The molecule has 2 saturated heterocycles. The van der Waals surface area contributed by atoms with Crippen molar-refractivity contribution in [1.82, 2.24) is 4.90 Å². The van der Waals surface area contributed by atoms with Crippen LogP contribution in [-0.4, -0.2) is 36.5 Å². The third-order valence-corrected chi connectivity index (χ3v) is 6.17. The van der Waals surface area contributed by atoms with Crippen LogP contribution in [0.2, 0.25) is 0 Å². The molecule has 5 rings (SSSR count). The van der Waals surface area contributed by atoms with Gasteiger partial charge in [-0.25, -0.2) is 0 Å². The van der Waals surface area contributed by atoms with Gasteiger partial charge in [0.05, 0.1) is 7.11 Å². The molecule has 0 spiro atoms. The number of methoxy groups -OCH3 is 1. The molecule has 2 aromatic carbocycles. The number of benzene rings is 2. The minimum Gasteiger partial charge on any atom is -0.497 e. The van der Waals surface area contributed by atoms with Crippen molar-refractivity contribution in [2.24, 2.45) is 0 Å². The van der Waals surface area contributed by atoms with Gasteiger partial charge in [0.15, 0.2) is 0 Å². The average Bonchev–Trinajstić information content (AvgIpc) is 3.46. The standard InChI is InChI=1S/C26H26N2O5/c1-17-8-13-22(32-17)24-25(33-21-11-9-20(31-2)10-12-21)26(30)28(24)16-18-5-3-6-19(15-18)27-14-4-7-23(27)29/h3,5-6,8-13,15,24-25H,4,7,14,16H2,1-2H3/t24-,25+/m1/s1. The Morgan fingerprint density at radius 2 is 1.82 bits per heavy atom. The highest BCUT2D eigenvalue weighted by Gasteiger charge is 2.51. The van der Waals surface area contributed by atoms with Gasteiger partial charge in [0.1, 0.15) is 29.1 Å². The van der Waals surface area contributed by atoms with Crippen molar-refractivity contribution in [2.75, 3.05) is 18.6 Å². The van der Waals surface area contributed by atoms with Crippen molar-refractivity contribution in [3.05, 3.63) is 77.7 Å². The number of ether oxygens (including phenoxy) is 2. The first-order valence-corrected chi connectivity index (χ1v) is 11.1. The number of carbonyl (C=O) groups excluding carboxylic acids is 2. The molecule has 0 aliphatic carbocycles. The molecule has 0 unspecified atom stereocenters. The summed E-state index contributed by atoms with van der Waals surface area (Å²) in [5.74, 6) is 2.82. The maximum Gasteiger partial charge on any atom is 0.267 e. The van der Waals surface area contributed by atoms with E-state index in [0.717, 1.165) is 35.7 Å². The predicted molar refractivity (Wildman–Crippen MR) is 122 cm³/mol. The van der Waals surface area contributed by atoms with Crippen LogP contribution < -0.4 is 14.4 Å². The van der Waals surface area contributed by atoms with Gasteiger partial charge in [-0.3, -0.25) is 9.59 Å². The zero-order valence-electron chi connectivity index (χ0n) is 18.7. The minimum atomic E-state index is -0.674. The number of hydrogen-bond donors (Lipinski definition) is 0. The summed E-state index contributed by atoms with van der Waals surface area (Å²) in [5.41, 5.74) is 1.83. The normalized spacial score (nSPS) is 20.2. The fourth-order valence-corrected chi connectivity index (χ4v) is 4.46. The Hall–Kier alpha value is -3.74. The van der Waals surface area contributed by atoms with Crippen LogP contribution >= 0.6 is 0 Å². The lowest BCUT2D eigenvalue weighted by atomic mass is 9.94. The van der Waals surface area contributed by atoms with Crippen LogP contribution in [-0.2, 0) is 16.1 Å². The van der Waals surface area contributed by atoms with Gasteiger partial charge in [-0.1, -0.05) is 12.1 Å². The second-order valence-corrected chi connectivity index (χ2v) is 8.39. The summed E-state index contributed by atoms with van der Waals surface area (Å²) in [6.45, 7) is 3.02. The molecule has 2 amide bonds. The molecule has 7 nitrogen and oxygen atoms in total. The first-order valence-electron chi connectivity index (χ1n) is 11.1. The van der Waals surface area contributed by atoms with Crippen molar-refractivity contribution in [1.29, 1.82) is 0 Å². The highest BCUT2D eigenvalue weighted by molar-refractivity contribution is 5.95. The van der Waals surface area contributed by atoms with Crippen LogP contribution in [0, 0.1) is 6.92 Å². The number of β-lactam (4-membered cyclic amide) rings is 1. The molecule has 170 valence electrons. The second-order valence-electron chi connectivity index (χ2n) is 8.39. The largest absolute Gasteiger partial charge is 0.497 e. The van der Waals surface area contributed by atoms with E-state index in [1.54, 1.807) is 36.3 Å². The number of carbonyl (C=O) groups is 2. The zero-order valence-corrected chi connectivity index (χ0v) is 18.7. The summed E-state index contributed by atoms with van der Waals surface area (Å²) < 4.78 is 17.1. The summed E-state index contributed by atoms with van der Waals surface area (Å²) in [4.78, 5) is 28.9. The number of amides is 2. The third-order valence-electron chi connectivity index (χ3n) is 6.17. The lowest BCUT2D eigenvalue weighted by Gasteiger charge is -2.45. The van der Waals surface area contributed by atoms with Gasteiger partial charge in [-0.2, -0.15) is 0 Å². The van der Waals surface area contributed by atoms with Gasteiger partial charge in [-0.15, -0.1) is 0 Å². The number of nitrogens with zero attached hydrogens (tertiary/aromatic N) is 2. The van der Waals surface area contributed by atoms with Crippen LogP contribution in [0.15, 0.2) is 65.1 Å². The summed E-state index contributed by atoms with van der Waals surface area (Å²) in [6, 6.07) is 18.4. The minimum absolute atomic E-state index is 0.104. The summed E-state index contributed by atoms with van der Waals surface area (Å²) in [5, 5.41) is 0.